The number of amides is 1. The molecule has 0 aromatic carbocycles. The highest BCUT2D eigenvalue weighted by molar-refractivity contribution is 7.89. The molecule has 0 aliphatic carbocycles. The minimum atomic E-state index is -3.15. The van der Waals surface area contributed by atoms with E-state index < -0.39 is 10.0 Å². The highest BCUT2D eigenvalue weighted by Gasteiger charge is 2.30. The molecule has 7 heteroatoms. The third kappa shape index (κ3) is 4.14. The number of aryl methyl sites for hydroxylation is 2. The van der Waals surface area contributed by atoms with Crippen LogP contribution in [0.1, 0.15) is 49.8 Å². The predicted molar refractivity (Wildman–Crippen MR) is 88.5 cm³/mol. The largest absolute Gasteiger partial charge is 0.466 e. The molecule has 1 N–H and O–H groups in total. The molecule has 1 atom stereocenters. The summed E-state index contributed by atoms with van der Waals surface area (Å²) in [5.41, 5.74) is 0.988. The Morgan fingerprint density at radius 2 is 2.00 bits per heavy atom. The molecule has 1 aliphatic rings. The molecule has 0 bridgehead atoms. The first kappa shape index (κ1) is 18.0. The molecule has 23 heavy (non-hydrogen) atoms. The van der Waals surface area contributed by atoms with Crippen LogP contribution >= 0.6 is 0 Å². The summed E-state index contributed by atoms with van der Waals surface area (Å²) in [4.78, 5) is 12.4. The Hall–Kier alpha value is -1.34. The van der Waals surface area contributed by atoms with Crippen molar-refractivity contribution in [3.05, 3.63) is 23.2 Å². The average molecular weight is 342 g/mol. The molecule has 0 spiro atoms. The molecule has 0 radical (unpaired) electrons. The molecule has 1 aromatic heterocycles. The molecule has 2 rings (SSSR count). The highest BCUT2D eigenvalue weighted by atomic mass is 32.2. The van der Waals surface area contributed by atoms with Crippen LogP contribution in [-0.2, 0) is 14.8 Å². The Kier molecular flexibility index (Phi) is 5.52. The zero-order valence-corrected chi connectivity index (χ0v) is 15.1. The van der Waals surface area contributed by atoms with Gasteiger partial charge in [0.05, 0.1) is 11.8 Å². The van der Waals surface area contributed by atoms with Crippen molar-refractivity contribution in [1.29, 1.82) is 0 Å². The minimum Gasteiger partial charge on any atom is -0.466 e. The first-order valence-electron chi connectivity index (χ1n) is 8.09. The van der Waals surface area contributed by atoms with Gasteiger partial charge in [-0.3, -0.25) is 4.79 Å². The van der Waals surface area contributed by atoms with Gasteiger partial charge in [-0.25, -0.2) is 12.7 Å². The lowest BCUT2D eigenvalue weighted by atomic mass is 9.96. The summed E-state index contributed by atoms with van der Waals surface area (Å²) in [6.45, 7) is 8.20. The molecule has 1 aromatic rings. The summed E-state index contributed by atoms with van der Waals surface area (Å²) in [5, 5.41) is 3.02. The molecule has 1 saturated heterocycles. The standard InChI is InChI=1S/C16H26N2O4S/c1-5-23(20,21)18-8-6-14(7-9-18)16(19)17-12(3)15-10-11(2)22-13(15)4/h10,12,14H,5-9H2,1-4H3,(H,17,19)/t12-/m0/s1. The zero-order valence-electron chi connectivity index (χ0n) is 14.3. The fourth-order valence-corrected chi connectivity index (χ4v) is 4.20. The van der Waals surface area contributed by atoms with Crippen LogP contribution in [-0.4, -0.2) is 37.5 Å². The van der Waals surface area contributed by atoms with Gasteiger partial charge in [-0.2, -0.15) is 0 Å². The lowest BCUT2D eigenvalue weighted by Crippen LogP contribution is -2.43. The summed E-state index contributed by atoms with van der Waals surface area (Å²) in [7, 11) is -3.15. The van der Waals surface area contributed by atoms with Crippen LogP contribution in [0.4, 0.5) is 0 Å². The second kappa shape index (κ2) is 7.05. The number of sulfonamides is 1. The van der Waals surface area contributed by atoms with Crippen molar-refractivity contribution < 1.29 is 17.6 Å². The number of rotatable bonds is 5. The fraction of sp³-hybridized carbons (Fsp3) is 0.688. The van der Waals surface area contributed by atoms with Crippen LogP contribution in [0.5, 0.6) is 0 Å². The van der Waals surface area contributed by atoms with Gasteiger partial charge in [-0.1, -0.05) is 0 Å². The molecule has 1 fully saturated rings. The van der Waals surface area contributed by atoms with Crippen molar-refractivity contribution in [2.45, 2.75) is 46.6 Å². The van der Waals surface area contributed by atoms with Crippen LogP contribution in [0.25, 0.3) is 0 Å². The molecule has 2 heterocycles. The number of hydrogen-bond acceptors (Lipinski definition) is 4. The first-order chi connectivity index (χ1) is 10.7. The van der Waals surface area contributed by atoms with Gasteiger partial charge < -0.3 is 9.73 Å². The average Bonchev–Trinajstić information content (AvgIpc) is 2.86. The van der Waals surface area contributed by atoms with E-state index in [4.69, 9.17) is 4.42 Å². The molecule has 130 valence electrons. The van der Waals surface area contributed by atoms with Crippen molar-refractivity contribution >= 4 is 15.9 Å². The maximum Gasteiger partial charge on any atom is 0.223 e. The highest BCUT2D eigenvalue weighted by Crippen LogP contribution is 2.24. The lowest BCUT2D eigenvalue weighted by Gasteiger charge is -2.30. The van der Waals surface area contributed by atoms with E-state index in [1.54, 1.807) is 6.92 Å². The van der Waals surface area contributed by atoms with Crippen LogP contribution in [0.2, 0.25) is 0 Å². The topological polar surface area (TPSA) is 79.6 Å². The molecule has 1 amide bonds. The summed E-state index contributed by atoms with van der Waals surface area (Å²) < 4.78 is 30.7. The number of carbonyl (C=O) groups is 1. The molecule has 0 saturated carbocycles. The van der Waals surface area contributed by atoms with Crippen LogP contribution in [0.3, 0.4) is 0 Å². The maximum atomic E-state index is 12.4. The van der Waals surface area contributed by atoms with Gasteiger partial charge in [0.25, 0.3) is 0 Å². The summed E-state index contributed by atoms with van der Waals surface area (Å²) in [6, 6.07) is 1.83. The second-order valence-electron chi connectivity index (χ2n) is 6.17. The van der Waals surface area contributed by atoms with Gasteiger partial charge in [0.1, 0.15) is 11.5 Å². The van der Waals surface area contributed by atoms with E-state index in [0.717, 1.165) is 17.1 Å². The number of hydrogen-bond donors (Lipinski definition) is 1. The Morgan fingerprint density at radius 1 is 1.39 bits per heavy atom. The lowest BCUT2D eigenvalue weighted by molar-refractivity contribution is -0.126. The van der Waals surface area contributed by atoms with Crippen molar-refractivity contribution in [2.75, 3.05) is 18.8 Å². The van der Waals surface area contributed by atoms with E-state index in [1.807, 2.05) is 26.8 Å². The Bertz CT molecular complexity index is 658. The maximum absolute atomic E-state index is 12.4. The van der Waals surface area contributed by atoms with Crippen molar-refractivity contribution in [3.63, 3.8) is 0 Å². The normalized spacial score (nSPS) is 18.8. The number of nitrogens with zero attached hydrogens (tertiary/aromatic N) is 1. The predicted octanol–water partition coefficient (Wildman–Crippen LogP) is 2.14. The quantitative estimate of drug-likeness (QED) is 0.889. The fourth-order valence-electron chi connectivity index (χ4n) is 3.07. The molecular formula is C16H26N2O4S. The molecule has 1 aliphatic heterocycles. The number of furan rings is 1. The zero-order chi connectivity index (χ0) is 17.2. The third-order valence-electron chi connectivity index (χ3n) is 4.49. The van der Waals surface area contributed by atoms with Crippen LogP contribution in [0, 0.1) is 19.8 Å². The number of carbonyl (C=O) groups excluding carboxylic acids is 1. The second-order valence-corrected chi connectivity index (χ2v) is 8.43. The smallest absolute Gasteiger partial charge is 0.223 e. The summed E-state index contributed by atoms with van der Waals surface area (Å²) in [5.74, 6) is 1.62. The van der Waals surface area contributed by atoms with E-state index in [0.29, 0.717) is 25.9 Å². The van der Waals surface area contributed by atoms with E-state index in [2.05, 4.69) is 5.32 Å². The van der Waals surface area contributed by atoms with Gasteiger partial charge in [-0.15, -0.1) is 0 Å². The summed E-state index contributed by atoms with van der Waals surface area (Å²) in [6.07, 6.45) is 1.14. The van der Waals surface area contributed by atoms with Crippen LogP contribution in [0.15, 0.2) is 10.5 Å². The van der Waals surface area contributed by atoms with Gasteiger partial charge in [-0.05, 0) is 46.6 Å². The Balaban J connectivity index is 1.92. The van der Waals surface area contributed by atoms with Crippen molar-refractivity contribution in [1.82, 2.24) is 9.62 Å². The van der Waals surface area contributed by atoms with Gasteiger partial charge >= 0.3 is 0 Å². The monoisotopic (exact) mass is 342 g/mol. The number of piperidine rings is 1. The van der Waals surface area contributed by atoms with E-state index in [9.17, 15) is 13.2 Å². The molecule has 0 unspecified atom stereocenters. The van der Waals surface area contributed by atoms with Gasteiger partial charge in [0, 0.05) is 24.6 Å². The summed E-state index contributed by atoms with van der Waals surface area (Å²) >= 11 is 0. The van der Waals surface area contributed by atoms with E-state index >= 15 is 0 Å². The molecular weight excluding hydrogens is 316 g/mol. The van der Waals surface area contributed by atoms with Gasteiger partial charge in [0.2, 0.25) is 15.9 Å². The number of nitrogens with one attached hydrogen (secondary N) is 1. The third-order valence-corrected chi connectivity index (χ3v) is 6.37. The first-order valence-corrected chi connectivity index (χ1v) is 9.70. The van der Waals surface area contributed by atoms with Gasteiger partial charge in [0.15, 0.2) is 0 Å². The Morgan fingerprint density at radius 3 is 2.48 bits per heavy atom. The van der Waals surface area contributed by atoms with Crippen LogP contribution < -0.4 is 5.32 Å². The van der Waals surface area contributed by atoms with Crippen molar-refractivity contribution in [2.24, 2.45) is 5.92 Å². The molecule has 6 nitrogen and oxygen atoms in total. The van der Waals surface area contributed by atoms with E-state index in [-0.39, 0.29) is 23.6 Å². The SMILES string of the molecule is CCS(=O)(=O)N1CCC(C(=O)N[C@@H](C)c2cc(C)oc2C)CC1. The minimum absolute atomic E-state index is 0.00991. The Labute approximate surface area is 138 Å². The van der Waals surface area contributed by atoms with Crippen molar-refractivity contribution in [3.8, 4) is 0 Å². The van der Waals surface area contributed by atoms with E-state index in [1.165, 1.54) is 4.31 Å².